The van der Waals surface area contributed by atoms with Gasteiger partial charge in [-0.3, -0.25) is 0 Å². The number of aromatic nitrogens is 1. The van der Waals surface area contributed by atoms with Gasteiger partial charge < -0.3 is 10.8 Å². The third kappa shape index (κ3) is 1.95. The molecular formula is C8H11BrN2O. The van der Waals surface area contributed by atoms with E-state index in [1.165, 1.54) is 0 Å². The first-order valence-corrected chi connectivity index (χ1v) is 4.47. The van der Waals surface area contributed by atoms with Gasteiger partial charge in [-0.15, -0.1) is 0 Å². The molecule has 0 aliphatic rings. The second kappa shape index (κ2) is 3.87. The lowest BCUT2D eigenvalue weighted by atomic mass is 10.2. The van der Waals surface area contributed by atoms with Crippen molar-refractivity contribution in [3.05, 3.63) is 21.9 Å². The normalized spacial score (nSPS) is 10.2. The van der Waals surface area contributed by atoms with Crippen LogP contribution in [0, 0.1) is 6.92 Å². The third-order valence-corrected chi connectivity index (χ3v) is 2.24. The van der Waals surface area contributed by atoms with Gasteiger partial charge in [0.2, 0.25) is 0 Å². The monoisotopic (exact) mass is 230 g/mol. The predicted molar refractivity (Wildman–Crippen MR) is 51.9 cm³/mol. The highest BCUT2D eigenvalue weighted by molar-refractivity contribution is 9.10. The Hall–Kier alpha value is -0.610. The summed E-state index contributed by atoms with van der Waals surface area (Å²) in [5.41, 5.74) is 8.18. The zero-order chi connectivity index (χ0) is 9.14. The first-order chi connectivity index (χ1) is 5.65. The maximum absolute atomic E-state index is 8.68. The van der Waals surface area contributed by atoms with E-state index >= 15 is 0 Å². The molecule has 0 aliphatic carbocycles. The van der Waals surface area contributed by atoms with Gasteiger partial charge in [0.05, 0.1) is 5.69 Å². The molecule has 3 N–H and O–H groups in total. The number of pyridine rings is 1. The van der Waals surface area contributed by atoms with E-state index in [9.17, 15) is 0 Å². The summed E-state index contributed by atoms with van der Waals surface area (Å²) >= 11 is 3.25. The molecule has 0 saturated heterocycles. The van der Waals surface area contributed by atoms with Gasteiger partial charge in [0, 0.05) is 18.7 Å². The summed E-state index contributed by atoms with van der Waals surface area (Å²) in [6.45, 7) is 2.03. The van der Waals surface area contributed by atoms with Crippen molar-refractivity contribution >= 4 is 21.6 Å². The molecule has 4 heteroatoms. The van der Waals surface area contributed by atoms with Gasteiger partial charge in [-0.1, -0.05) is 0 Å². The van der Waals surface area contributed by atoms with Crippen LogP contribution in [0.4, 0.5) is 5.69 Å². The first-order valence-electron chi connectivity index (χ1n) is 3.67. The maximum atomic E-state index is 8.68. The molecule has 12 heavy (non-hydrogen) atoms. The van der Waals surface area contributed by atoms with Crippen molar-refractivity contribution in [1.29, 1.82) is 0 Å². The lowest BCUT2D eigenvalue weighted by Gasteiger charge is -2.05. The number of hydrogen-bond donors (Lipinski definition) is 2. The number of anilines is 1. The fraction of sp³-hybridized carbons (Fsp3) is 0.375. The highest BCUT2D eigenvalue weighted by atomic mass is 79.9. The first kappa shape index (κ1) is 9.48. The van der Waals surface area contributed by atoms with Crippen molar-refractivity contribution in [1.82, 2.24) is 4.98 Å². The van der Waals surface area contributed by atoms with E-state index in [0.29, 0.717) is 16.7 Å². The van der Waals surface area contributed by atoms with Crippen molar-refractivity contribution in [2.45, 2.75) is 13.3 Å². The van der Waals surface area contributed by atoms with Gasteiger partial charge in [0.1, 0.15) is 4.60 Å². The lowest BCUT2D eigenvalue weighted by Crippen LogP contribution is -2.00. The van der Waals surface area contributed by atoms with E-state index in [1.54, 1.807) is 0 Å². The van der Waals surface area contributed by atoms with Crippen molar-refractivity contribution in [2.75, 3.05) is 12.3 Å². The second-order valence-corrected chi connectivity index (χ2v) is 3.36. The van der Waals surface area contributed by atoms with Crippen LogP contribution in [0.5, 0.6) is 0 Å². The Morgan fingerprint density at radius 2 is 2.33 bits per heavy atom. The van der Waals surface area contributed by atoms with Gasteiger partial charge in [-0.25, -0.2) is 4.98 Å². The number of hydrogen-bond acceptors (Lipinski definition) is 3. The lowest BCUT2D eigenvalue weighted by molar-refractivity contribution is 0.298. The molecule has 0 saturated carbocycles. The molecule has 3 nitrogen and oxygen atoms in total. The van der Waals surface area contributed by atoms with E-state index in [-0.39, 0.29) is 6.61 Å². The standard InChI is InChI=1S/C8H11BrN2O/c1-5-4-6(2-3-12)11-8(9)7(5)10/h4,12H,2-3,10H2,1H3. The van der Waals surface area contributed by atoms with E-state index in [0.717, 1.165) is 11.3 Å². The van der Waals surface area contributed by atoms with Gasteiger partial charge >= 0.3 is 0 Å². The third-order valence-electron chi connectivity index (χ3n) is 1.64. The van der Waals surface area contributed by atoms with Crippen molar-refractivity contribution < 1.29 is 5.11 Å². The smallest absolute Gasteiger partial charge is 0.129 e. The minimum absolute atomic E-state index is 0.114. The average Bonchev–Trinajstić information content (AvgIpc) is 2.01. The summed E-state index contributed by atoms with van der Waals surface area (Å²) in [5, 5.41) is 8.68. The molecule has 0 unspecified atom stereocenters. The van der Waals surface area contributed by atoms with Crippen LogP contribution in [0.3, 0.4) is 0 Å². The molecule has 66 valence electrons. The van der Waals surface area contributed by atoms with Crippen LogP contribution >= 0.6 is 15.9 Å². The molecule has 1 rings (SSSR count). The fourth-order valence-electron chi connectivity index (χ4n) is 0.952. The summed E-state index contributed by atoms with van der Waals surface area (Å²) < 4.78 is 0.658. The topological polar surface area (TPSA) is 59.1 Å². The zero-order valence-corrected chi connectivity index (χ0v) is 8.43. The predicted octanol–water partition coefficient (Wildman–Crippen LogP) is 1.27. The van der Waals surface area contributed by atoms with Gasteiger partial charge in [-0.05, 0) is 34.5 Å². The van der Waals surface area contributed by atoms with Crippen molar-refractivity contribution in [2.24, 2.45) is 0 Å². The Balaban J connectivity index is 3.04. The highest BCUT2D eigenvalue weighted by Crippen LogP contribution is 2.21. The van der Waals surface area contributed by atoms with Crippen molar-refractivity contribution in [3.8, 4) is 0 Å². The second-order valence-electron chi connectivity index (χ2n) is 2.61. The minimum Gasteiger partial charge on any atom is -0.396 e. The number of halogens is 1. The number of aliphatic hydroxyl groups excluding tert-OH is 1. The number of nitrogens with zero attached hydrogens (tertiary/aromatic N) is 1. The molecule has 0 bridgehead atoms. The number of nitrogen functional groups attached to an aromatic ring is 1. The number of aliphatic hydroxyl groups is 1. The van der Waals surface area contributed by atoms with Crippen LogP contribution < -0.4 is 5.73 Å². The fourth-order valence-corrected chi connectivity index (χ4v) is 1.49. The Morgan fingerprint density at radius 3 is 2.83 bits per heavy atom. The number of rotatable bonds is 2. The summed E-state index contributed by atoms with van der Waals surface area (Å²) in [6.07, 6.45) is 0.569. The van der Waals surface area contributed by atoms with Crippen LogP contribution in [0.25, 0.3) is 0 Å². The molecule has 1 heterocycles. The summed E-state index contributed by atoms with van der Waals surface area (Å²) in [6, 6.07) is 1.89. The molecule has 0 spiro atoms. The van der Waals surface area contributed by atoms with Crippen LogP contribution in [-0.2, 0) is 6.42 Å². The Bertz CT molecular complexity index is 265. The van der Waals surface area contributed by atoms with Crippen molar-refractivity contribution in [3.63, 3.8) is 0 Å². The van der Waals surface area contributed by atoms with Crippen LogP contribution in [0.1, 0.15) is 11.3 Å². The molecule has 0 atom stereocenters. The summed E-state index contributed by atoms with van der Waals surface area (Å²) in [7, 11) is 0. The van der Waals surface area contributed by atoms with E-state index < -0.39 is 0 Å². The van der Waals surface area contributed by atoms with Crippen LogP contribution in [0.15, 0.2) is 10.7 Å². The van der Waals surface area contributed by atoms with Gasteiger partial charge in [0.15, 0.2) is 0 Å². The summed E-state index contributed by atoms with van der Waals surface area (Å²) in [5.74, 6) is 0. The van der Waals surface area contributed by atoms with E-state index in [4.69, 9.17) is 10.8 Å². The zero-order valence-electron chi connectivity index (χ0n) is 6.84. The average molecular weight is 231 g/mol. The molecular weight excluding hydrogens is 220 g/mol. The molecule has 0 amide bonds. The molecule has 1 aromatic rings. The summed E-state index contributed by atoms with van der Waals surface area (Å²) in [4.78, 5) is 4.15. The Morgan fingerprint density at radius 1 is 1.67 bits per heavy atom. The van der Waals surface area contributed by atoms with E-state index in [1.807, 2.05) is 13.0 Å². The van der Waals surface area contributed by atoms with E-state index in [2.05, 4.69) is 20.9 Å². The molecule has 0 radical (unpaired) electrons. The largest absolute Gasteiger partial charge is 0.396 e. The molecule has 0 aromatic carbocycles. The SMILES string of the molecule is Cc1cc(CCO)nc(Br)c1N. The molecule has 0 aliphatic heterocycles. The Labute approximate surface area is 79.7 Å². The maximum Gasteiger partial charge on any atom is 0.129 e. The molecule has 1 aromatic heterocycles. The van der Waals surface area contributed by atoms with Crippen LogP contribution in [-0.4, -0.2) is 16.7 Å². The quantitative estimate of drug-likeness (QED) is 0.753. The number of aryl methyl sites for hydroxylation is 1. The Kier molecular flexibility index (Phi) is 3.05. The van der Waals surface area contributed by atoms with Crippen LogP contribution in [0.2, 0.25) is 0 Å². The number of nitrogens with two attached hydrogens (primary N) is 1. The molecule has 0 fully saturated rings. The van der Waals surface area contributed by atoms with Gasteiger partial charge in [-0.2, -0.15) is 0 Å². The van der Waals surface area contributed by atoms with Gasteiger partial charge in [0.25, 0.3) is 0 Å². The highest BCUT2D eigenvalue weighted by Gasteiger charge is 2.03. The minimum atomic E-state index is 0.114.